The van der Waals surface area contributed by atoms with Gasteiger partial charge in [-0.3, -0.25) is 4.79 Å². The second kappa shape index (κ2) is 4.25. The van der Waals surface area contributed by atoms with Crippen LogP contribution < -0.4 is 9.47 Å². The van der Waals surface area contributed by atoms with E-state index in [9.17, 15) is 13.6 Å². The van der Waals surface area contributed by atoms with Crippen LogP contribution in [0.5, 0.6) is 11.5 Å². The first-order valence-corrected chi connectivity index (χ1v) is 4.89. The molecule has 1 aromatic carbocycles. The molecule has 0 fully saturated rings. The topological polar surface area (TPSA) is 35.5 Å². The number of fused-ring (bicyclic) bond motifs is 1. The van der Waals surface area contributed by atoms with Crippen molar-refractivity contribution in [3.8, 4) is 11.5 Å². The average molecular weight is 249 g/mol. The Kier molecular flexibility index (Phi) is 2.96. The summed E-state index contributed by atoms with van der Waals surface area (Å²) in [6.07, 6.45) is -3.08. The van der Waals surface area contributed by atoms with E-state index in [0.717, 1.165) is 0 Å². The standard InChI is InChI=1S/C10H7ClF2O3/c11-6-4-8-7(15-1-2-16-8)3-5(6)9(14)10(12)13/h3-4,10H,1-2H2. The van der Waals surface area contributed by atoms with Crippen LogP contribution in [0, 0.1) is 0 Å². The Morgan fingerprint density at radius 2 is 1.81 bits per heavy atom. The molecule has 6 heteroatoms. The quantitative estimate of drug-likeness (QED) is 0.755. The molecule has 3 nitrogen and oxygen atoms in total. The number of hydrogen-bond donors (Lipinski definition) is 0. The van der Waals surface area contributed by atoms with E-state index in [0.29, 0.717) is 19.0 Å². The van der Waals surface area contributed by atoms with Crippen molar-refractivity contribution in [2.24, 2.45) is 0 Å². The molecule has 2 rings (SSSR count). The lowest BCUT2D eigenvalue weighted by atomic mass is 10.1. The molecule has 0 aliphatic carbocycles. The number of ketones is 1. The number of carbonyl (C=O) groups is 1. The molecule has 0 saturated heterocycles. The van der Waals surface area contributed by atoms with Crippen molar-refractivity contribution >= 4 is 17.4 Å². The fraction of sp³-hybridized carbons (Fsp3) is 0.300. The number of carbonyl (C=O) groups excluding carboxylic acids is 1. The van der Waals surface area contributed by atoms with E-state index >= 15 is 0 Å². The molecule has 0 amide bonds. The van der Waals surface area contributed by atoms with Gasteiger partial charge in [-0.15, -0.1) is 0 Å². The van der Waals surface area contributed by atoms with Crippen LogP contribution in [0.2, 0.25) is 5.02 Å². The summed E-state index contributed by atoms with van der Waals surface area (Å²) in [6, 6.07) is 2.50. The molecule has 1 aliphatic heterocycles. The molecule has 1 aromatic rings. The van der Waals surface area contributed by atoms with Gasteiger partial charge < -0.3 is 9.47 Å². The van der Waals surface area contributed by atoms with Gasteiger partial charge in [0.15, 0.2) is 11.5 Å². The summed E-state index contributed by atoms with van der Waals surface area (Å²) in [5, 5.41) is -0.0606. The number of Topliss-reactive ketones (excluding diaryl/α,β-unsaturated/α-hetero) is 1. The lowest BCUT2D eigenvalue weighted by molar-refractivity contribution is 0.0678. The Bertz CT molecular complexity index is 434. The van der Waals surface area contributed by atoms with Crippen LogP contribution in [0.25, 0.3) is 0 Å². The highest BCUT2D eigenvalue weighted by Crippen LogP contribution is 2.35. The molecule has 16 heavy (non-hydrogen) atoms. The van der Waals surface area contributed by atoms with E-state index in [1.165, 1.54) is 12.1 Å². The van der Waals surface area contributed by atoms with Crippen LogP contribution in [0.3, 0.4) is 0 Å². The van der Waals surface area contributed by atoms with Crippen LogP contribution >= 0.6 is 11.6 Å². The summed E-state index contributed by atoms with van der Waals surface area (Å²) in [6.45, 7) is 0.683. The van der Waals surface area contributed by atoms with Gasteiger partial charge in [-0.05, 0) is 6.07 Å². The molecule has 0 unspecified atom stereocenters. The van der Waals surface area contributed by atoms with Gasteiger partial charge in [0.25, 0.3) is 0 Å². The molecular formula is C10H7ClF2O3. The van der Waals surface area contributed by atoms with E-state index in [4.69, 9.17) is 21.1 Å². The first-order valence-electron chi connectivity index (χ1n) is 4.51. The Morgan fingerprint density at radius 1 is 1.25 bits per heavy atom. The lowest BCUT2D eigenvalue weighted by Crippen LogP contribution is -2.17. The van der Waals surface area contributed by atoms with Crippen LogP contribution in [-0.2, 0) is 0 Å². The minimum Gasteiger partial charge on any atom is -0.486 e. The highest BCUT2D eigenvalue weighted by atomic mass is 35.5. The molecule has 0 saturated carbocycles. The molecule has 0 spiro atoms. The van der Waals surface area contributed by atoms with Crippen LogP contribution in [0.1, 0.15) is 10.4 Å². The van der Waals surface area contributed by atoms with E-state index < -0.39 is 12.2 Å². The third-order valence-electron chi connectivity index (χ3n) is 2.10. The van der Waals surface area contributed by atoms with Crippen LogP contribution in [0.4, 0.5) is 8.78 Å². The maximum absolute atomic E-state index is 12.2. The first kappa shape index (κ1) is 11.1. The molecule has 1 heterocycles. The van der Waals surface area contributed by atoms with Crippen LogP contribution in [0.15, 0.2) is 12.1 Å². The van der Waals surface area contributed by atoms with Crippen molar-refractivity contribution in [3.05, 3.63) is 22.7 Å². The maximum Gasteiger partial charge on any atom is 0.300 e. The SMILES string of the molecule is O=C(c1cc2c(cc1Cl)OCCO2)C(F)F. The van der Waals surface area contributed by atoms with Crippen molar-refractivity contribution in [3.63, 3.8) is 0 Å². The van der Waals surface area contributed by atoms with Crippen molar-refractivity contribution in [2.45, 2.75) is 6.43 Å². The van der Waals surface area contributed by atoms with Gasteiger partial charge in [0, 0.05) is 11.6 Å². The number of alkyl halides is 2. The predicted octanol–water partition coefficient (Wildman–Crippen LogP) is 2.56. The largest absolute Gasteiger partial charge is 0.486 e. The summed E-state index contributed by atoms with van der Waals surface area (Å²) < 4.78 is 34.9. The highest BCUT2D eigenvalue weighted by Gasteiger charge is 2.24. The van der Waals surface area contributed by atoms with E-state index in [2.05, 4.69) is 0 Å². The van der Waals surface area contributed by atoms with Crippen molar-refractivity contribution < 1.29 is 23.0 Å². The van der Waals surface area contributed by atoms with E-state index in [1.54, 1.807) is 0 Å². The Morgan fingerprint density at radius 3 is 2.38 bits per heavy atom. The van der Waals surface area contributed by atoms with Gasteiger partial charge in [0.1, 0.15) is 13.2 Å². The second-order valence-corrected chi connectivity index (χ2v) is 3.55. The van der Waals surface area contributed by atoms with Crippen molar-refractivity contribution in [1.82, 2.24) is 0 Å². The number of ether oxygens (including phenoxy) is 2. The third kappa shape index (κ3) is 1.95. The number of rotatable bonds is 2. The smallest absolute Gasteiger partial charge is 0.300 e. The summed E-state index contributed by atoms with van der Waals surface area (Å²) in [7, 11) is 0. The van der Waals surface area contributed by atoms with E-state index in [1.807, 2.05) is 0 Å². The van der Waals surface area contributed by atoms with Gasteiger partial charge >= 0.3 is 6.43 Å². The summed E-state index contributed by atoms with van der Waals surface area (Å²) in [5.41, 5.74) is -0.249. The zero-order chi connectivity index (χ0) is 11.7. The van der Waals surface area contributed by atoms with E-state index in [-0.39, 0.29) is 16.3 Å². The minimum absolute atomic E-state index is 0.0606. The molecule has 0 bridgehead atoms. The number of benzene rings is 1. The second-order valence-electron chi connectivity index (χ2n) is 3.14. The molecule has 0 radical (unpaired) electrons. The monoisotopic (exact) mass is 248 g/mol. The van der Waals surface area contributed by atoms with Gasteiger partial charge in [-0.25, -0.2) is 8.78 Å². The molecule has 0 atom stereocenters. The molecular weight excluding hydrogens is 242 g/mol. The zero-order valence-electron chi connectivity index (χ0n) is 8.00. The third-order valence-corrected chi connectivity index (χ3v) is 2.41. The fourth-order valence-electron chi connectivity index (χ4n) is 1.37. The van der Waals surface area contributed by atoms with Gasteiger partial charge in [0.05, 0.1) is 5.02 Å². The number of hydrogen-bond acceptors (Lipinski definition) is 3. The predicted molar refractivity (Wildman–Crippen MR) is 52.8 cm³/mol. The van der Waals surface area contributed by atoms with Crippen molar-refractivity contribution in [2.75, 3.05) is 13.2 Å². The molecule has 0 aromatic heterocycles. The van der Waals surface area contributed by atoms with Gasteiger partial charge in [-0.2, -0.15) is 0 Å². The highest BCUT2D eigenvalue weighted by molar-refractivity contribution is 6.34. The maximum atomic E-state index is 12.2. The molecule has 1 aliphatic rings. The van der Waals surface area contributed by atoms with Crippen LogP contribution in [-0.4, -0.2) is 25.4 Å². The van der Waals surface area contributed by atoms with Gasteiger partial charge in [0.2, 0.25) is 5.78 Å². The summed E-state index contributed by atoms with van der Waals surface area (Å²) in [4.78, 5) is 11.1. The van der Waals surface area contributed by atoms with Crippen molar-refractivity contribution in [1.29, 1.82) is 0 Å². The normalized spacial score (nSPS) is 14.0. The number of halogens is 3. The summed E-state index contributed by atoms with van der Waals surface area (Å²) in [5.74, 6) is -0.691. The Hall–Kier alpha value is -1.36. The molecule has 86 valence electrons. The molecule has 0 N–H and O–H groups in total. The van der Waals surface area contributed by atoms with Gasteiger partial charge in [-0.1, -0.05) is 11.6 Å². The lowest BCUT2D eigenvalue weighted by Gasteiger charge is -2.19. The average Bonchev–Trinajstić information content (AvgIpc) is 2.27. The minimum atomic E-state index is -3.08. The fourth-order valence-corrected chi connectivity index (χ4v) is 1.62. The first-order chi connectivity index (χ1) is 7.59. The summed E-state index contributed by atoms with van der Waals surface area (Å²) >= 11 is 5.71. The Balaban J connectivity index is 2.43. The Labute approximate surface area is 94.9 Å². The zero-order valence-corrected chi connectivity index (χ0v) is 8.76.